The number of aliphatic hydroxyl groups is 1. The van der Waals surface area contributed by atoms with Crippen LogP contribution in [0, 0.1) is 5.92 Å². The molecule has 4 nitrogen and oxygen atoms in total. The number of oxime groups is 1. The Morgan fingerprint density at radius 1 is 1.50 bits per heavy atom. The van der Waals surface area contributed by atoms with Crippen LogP contribution in [0.3, 0.4) is 0 Å². The van der Waals surface area contributed by atoms with Gasteiger partial charge in [0.1, 0.15) is 11.5 Å². The lowest BCUT2D eigenvalue weighted by Crippen LogP contribution is -2.26. The third-order valence-corrected chi connectivity index (χ3v) is 5.24. The summed E-state index contributed by atoms with van der Waals surface area (Å²) in [5, 5.41) is 14.9. The number of hydrogen-bond donors (Lipinski definition) is 1. The predicted molar refractivity (Wildman–Crippen MR) is 103 cm³/mol. The average molecular weight is 374 g/mol. The van der Waals surface area contributed by atoms with Gasteiger partial charge in [0.25, 0.3) is 0 Å². The Morgan fingerprint density at radius 2 is 2.21 bits per heavy atom. The number of ketones is 1. The van der Waals surface area contributed by atoms with Gasteiger partial charge in [0.05, 0.1) is 17.2 Å². The summed E-state index contributed by atoms with van der Waals surface area (Å²) in [7, 11) is 0. The molecule has 0 radical (unpaired) electrons. The molecule has 0 heterocycles. The smallest absolute Gasteiger partial charge is 0.168 e. The molecule has 1 N–H and O–H groups in total. The van der Waals surface area contributed by atoms with Crippen molar-refractivity contribution in [1.82, 2.24) is 0 Å². The number of rotatable bonds is 10. The number of alkyl halides is 1. The Labute approximate surface area is 154 Å². The van der Waals surface area contributed by atoms with E-state index in [-0.39, 0.29) is 23.3 Å². The number of carbonyl (C=O) groups is 1. The second-order valence-corrected chi connectivity index (χ2v) is 8.06. The van der Waals surface area contributed by atoms with E-state index in [1.54, 1.807) is 0 Å². The lowest BCUT2D eigenvalue weighted by molar-refractivity contribution is -0.116. The maximum Gasteiger partial charge on any atom is 0.168 e. The second kappa shape index (κ2) is 10.8. The minimum Gasteiger partial charge on any atom is -0.511 e. The molecule has 6 heteroatoms. The molecule has 0 spiro atoms. The highest BCUT2D eigenvalue weighted by atomic mass is 35.5. The van der Waals surface area contributed by atoms with Gasteiger partial charge in [0.2, 0.25) is 0 Å². The SMILES string of the molecule is C=C(CCl)ON=C(CCC)C1=C(O)CC(CC(C)SCC)CC1=O. The van der Waals surface area contributed by atoms with Crippen LogP contribution < -0.4 is 0 Å². The first-order valence-electron chi connectivity index (χ1n) is 8.47. The summed E-state index contributed by atoms with van der Waals surface area (Å²) in [6, 6.07) is 0. The molecule has 0 aromatic heterocycles. The fraction of sp³-hybridized carbons (Fsp3) is 0.667. The van der Waals surface area contributed by atoms with Crippen molar-refractivity contribution in [2.24, 2.45) is 11.1 Å². The van der Waals surface area contributed by atoms with Crippen molar-refractivity contribution in [3.05, 3.63) is 23.7 Å². The van der Waals surface area contributed by atoms with Crippen LogP contribution >= 0.6 is 23.4 Å². The van der Waals surface area contributed by atoms with Gasteiger partial charge in [0, 0.05) is 18.1 Å². The van der Waals surface area contributed by atoms with Crippen LogP contribution in [0.5, 0.6) is 0 Å². The topological polar surface area (TPSA) is 58.9 Å². The molecular weight excluding hydrogens is 346 g/mol. The number of thioether (sulfide) groups is 1. The van der Waals surface area contributed by atoms with Crippen molar-refractivity contribution in [3.63, 3.8) is 0 Å². The first-order valence-corrected chi connectivity index (χ1v) is 10.1. The first kappa shape index (κ1) is 21.1. The van der Waals surface area contributed by atoms with Gasteiger partial charge in [-0.15, -0.1) is 11.6 Å². The summed E-state index contributed by atoms with van der Waals surface area (Å²) >= 11 is 7.51. The van der Waals surface area contributed by atoms with Gasteiger partial charge in [-0.1, -0.05) is 38.9 Å². The van der Waals surface area contributed by atoms with Crippen LogP contribution in [-0.2, 0) is 9.63 Å². The number of allylic oxidation sites excluding steroid dienone is 3. The van der Waals surface area contributed by atoms with E-state index in [0.717, 1.165) is 18.6 Å². The molecule has 0 aromatic rings. The molecule has 0 amide bonds. The standard InChI is InChI=1S/C18H28ClNO3S/c1-5-7-15(20-23-12(3)11-19)18-16(21)9-14(10-17(18)22)8-13(4)24-6-2/h13-14,21H,3,5-11H2,1-2,4H3. The van der Waals surface area contributed by atoms with Crippen LogP contribution in [0.25, 0.3) is 0 Å². The average Bonchev–Trinajstić information content (AvgIpc) is 2.51. The zero-order valence-electron chi connectivity index (χ0n) is 14.8. The number of aliphatic hydroxyl groups excluding tert-OH is 1. The Morgan fingerprint density at radius 3 is 2.75 bits per heavy atom. The Hall–Kier alpha value is -0.940. The van der Waals surface area contributed by atoms with Gasteiger partial charge in [-0.05, 0) is 24.5 Å². The zero-order valence-corrected chi connectivity index (χ0v) is 16.4. The summed E-state index contributed by atoms with van der Waals surface area (Å²) < 4.78 is 0. The van der Waals surface area contributed by atoms with E-state index >= 15 is 0 Å². The van der Waals surface area contributed by atoms with Crippen LogP contribution in [0.4, 0.5) is 0 Å². The largest absolute Gasteiger partial charge is 0.511 e. The lowest BCUT2D eigenvalue weighted by Gasteiger charge is -2.25. The molecule has 0 bridgehead atoms. The first-order chi connectivity index (χ1) is 11.4. The number of Topliss-reactive ketones (excluding diaryl/α,β-unsaturated/α-hetero) is 1. The minimum absolute atomic E-state index is 0.0512. The number of nitrogens with zero attached hydrogens (tertiary/aromatic N) is 1. The van der Waals surface area contributed by atoms with Crippen molar-refractivity contribution >= 4 is 34.9 Å². The molecule has 0 saturated carbocycles. The van der Waals surface area contributed by atoms with Gasteiger partial charge in [-0.25, -0.2) is 0 Å². The van der Waals surface area contributed by atoms with Gasteiger partial charge >= 0.3 is 0 Å². The van der Waals surface area contributed by atoms with Gasteiger partial charge in [0.15, 0.2) is 5.78 Å². The summed E-state index contributed by atoms with van der Waals surface area (Å²) in [5.74, 6) is 1.79. The number of hydrogen-bond acceptors (Lipinski definition) is 5. The highest BCUT2D eigenvalue weighted by Gasteiger charge is 2.31. The number of halogens is 1. The quantitative estimate of drug-likeness (QED) is 0.246. The van der Waals surface area contributed by atoms with Crippen LogP contribution in [0.1, 0.15) is 52.9 Å². The normalized spacial score (nSPS) is 20.2. The van der Waals surface area contributed by atoms with E-state index in [2.05, 4.69) is 25.6 Å². The number of carbonyl (C=O) groups excluding carboxylic acids is 1. The van der Waals surface area contributed by atoms with Crippen molar-refractivity contribution in [2.75, 3.05) is 11.6 Å². The Balaban J connectivity index is 2.91. The minimum atomic E-state index is -0.0512. The molecule has 2 atom stereocenters. The Bertz CT molecular complexity index is 516. The highest BCUT2D eigenvalue weighted by Crippen LogP contribution is 2.32. The molecule has 0 aliphatic heterocycles. The zero-order chi connectivity index (χ0) is 18.1. The summed E-state index contributed by atoms with van der Waals surface area (Å²) in [6.07, 6.45) is 3.27. The third kappa shape index (κ3) is 6.52. The summed E-state index contributed by atoms with van der Waals surface area (Å²) in [6.45, 7) is 9.91. The maximum atomic E-state index is 12.6. The maximum absolute atomic E-state index is 12.6. The van der Waals surface area contributed by atoms with Gasteiger partial charge in [-0.3, -0.25) is 4.79 Å². The molecular formula is C18H28ClNO3S. The molecule has 2 unspecified atom stereocenters. The van der Waals surface area contributed by atoms with Gasteiger partial charge < -0.3 is 9.94 Å². The highest BCUT2D eigenvalue weighted by molar-refractivity contribution is 7.99. The van der Waals surface area contributed by atoms with Crippen LogP contribution in [0.15, 0.2) is 28.8 Å². The van der Waals surface area contributed by atoms with E-state index in [0.29, 0.717) is 41.6 Å². The summed E-state index contributed by atoms with van der Waals surface area (Å²) in [4.78, 5) is 17.7. The third-order valence-electron chi connectivity index (χ3n) is 3.85. The molecule has 1 aliphatic carbocycles. The van der Waals surface area contributed by atoms with Crippen molar-refractivity contribution in [1.29, 1.82) is 0 Å². The molecule has 0 saturated heterocycles. The fourth-order valence-corrected chi connectivity index (χ4v) is 3.91. The summed E-state index contributed by atoms with van der Waals surface area (Å²) in [5.41, 5.74) is 0.812. The molecule has 0 aromatic carbocycles. The lowest BCUT2D eigenvalue weighted by atomic mass is 9.82. The molecule has 1 aliphatic rings. The van der Waals surface area contributed by atoms with E-state index in [4.69, 9.17) is 16.4 Å². The van der Waals surface area contributed by atoms with Gasteiger partial charge in [-0.2, -0.15) is 11.8 Å². The predicted octanol–water partition coefficient (Wildman–Crippen LogP) is 5.23. The van der Waals surface area contributed by atoms with E-state index < -0.39 is 0 Å². The van der Waals surface area contributed by atoms with Crippen LogP contribution in [0.2, 0.25) is 0 Å². The van der Waals surface area contributed by atoms with Crippen molar-refractivity contribution in [2.45, 2.75) is 58.1 Å². The molecule has 24 heavy (non-hydrogen) atoms. The molecule has 1 rings (SSSR count). The second-order valence-electron chi connectivity index (χ2n) is 6.07. The Kier molecular flexibility index (Phi) is 9.52. The molecule has 136 valence electrons. The molecule has 0 fully saturated rings. The van der Waals surface area contributed by atoms with E-state index in [1.807, 2.05) is 18.7 Å². The fourth-order valence-electron chi connectivity index (χ4n) is 2.89. The van der Waals surface area contributed by atoms with Crippen molar-refractivity contribution < 1.29 is 14.7 Å². The van der Waals surface area contributed by atoms with Crippen molar-refractivity contribution in [3.8, 4) is 0 Å². The van der Waals surface area contributed by atoms with E-state index in [1.165, 1.54) is 0 Å². The van der Waals surface area contributed by atoms with E-state index in [9.17, 15) is 9.90 Å². The van der Waals surface area contributed by atoms with Crippen LogP contribution in [-0.4, -0.2) is 33.5 Å². The monoisotopic (exact) mass is 373 g/mol.